The van der Waals surface area contributed by atoms with E-state index in [-0.39, 0.29) is 11.9 Å². The van der Waals surface area contributed by atoms with E-state index in [0.717, 1.165) is 55.8 Å². The molecule has 3 rings (SSSR count). The number of aromatic nitrogens is 1. The predicted octanol–water partition coefficient (Wildman–Crippen LogP) is 3.63. The first kappa shape index (κ1) is 18.3. The number of benzene rings is 1. The van der Waals surface area contributed by atoms with Crippen molar-refractivity contribution < 1.29 is 18.8 Å². The average molecular weight is 358 g/mol. The number of hydrogen-bond donors (Lipinski definition) is 0. The van der Waals surface area contributed by atoms with E-state index in [1.54, 1.807) is 20.3 Å². The number of nitrogens with zero attached hydrogens (tertiary/aromatic N) is 2. The molecule has 1 aliphatic heterocycles. The lowest BCUT2D eigenvalue weighted by atomic mass is 9.95. The van der Waals surface area contributed by atoms with Crippen LogP contribution in [0.3, 0.4) is 0 Å². The van der Waals surface area contributed by atoms with Gasteiger partial charge in [0.1, 0.15) is 0 Å². The standard InChI is InChI=1S/C20H26N2O4/c1-14-12-19(26-21-14)20(23)22-11-5-4-6-16(22)9-7-15-8-10-17(24-2)18(13-15)25-3/h8,10,12-13,16H,4-7,9,11H2,1-3H3. The number of hydrogen-bond acceptors (Lipinski definition) is 5. The molecular formula is C20H26N2O4. The highest BCUT2D eigenvalue weighted by Gasteiger charge is 2.29. The Morgan fingerprint density at radius 2 is 2.04 bits per heavy atom. The van der Waals surface area contributed by atoms with Gasteiger partial charge in [0.05, 0.1) is 19.9 Å². The maximum atomic E-state index is 12.8. The molecule has 0 radical (unpaired) electrons. The fraction of sp³-hybridized carbons (Fsp3) is 0.500. The predicted molar refractivity (Wildman–Crippen MR) is 97.8 cm³/mol. The molecule has 1 amide bonds. The van der Waals surface area contributed by atoms with E-state index < -0.39 is 0 Å². The number of aryl methyl sites for hydroxylation is 2. The van der Waals surface area contributed by atoms with Gasteiger partial charge in [0, 0.05) is 18.7 Å². The summed E-state index contributed by atoms with van der Waals surface area (Å²) in [7, 11) is 3.27. The van der Waals surface area contributed by atoms with Crippen LogP contribution in [-0.2, 0) is 6.42 Å². The molecule has 1 saturated heterocycles. The molecular weight excluding hydrogens is 332 g/mol. The van der Waals surface area contributed by atoms with Gasteiger partial charge in [0.2, 0.25) is 5.76 Å². The molecule has 26 heavy (non-hydrogen) atoms. The molecule has 2 heterocycles. The molecule has 1 aromatic carbocycles. The number of methoxy groups -OCH3 is 2. The lowest BCUT2D eigenvalue weighted by Gasteiger charge is -2.35. The molecule has 1 unspecified atom stereocenters. The second-order valence-corrected chi connectivity index (χ2v) is 6.71. The smallest absolute Gasteiger partial charge is 0.292 e. The lowest BCUT2D eigenvalue weighted by molar-refractivity contribution is 0.0560. The molecule has 2 aromatic rings. The quantitative estimate of drug-likeness (QED) is 0.789. The molecule has 0 spiro atoms. The molecule has 1 aliphatic rings. The maximum Gasteiger partial charge on any atom is 0.292 e. The van der Waals surface area contributed by atoms with Crippen molar-refractivity contribution in [1.82, 2.24) is 10.1 Å². The highest BCUT2D eigenvalue weighted by molar-refractivity contribution is 5.91. The topological polar surface area (TPSA) is 64.8 Å². The van der Waals surface area contributed by atoms with Gasteiger partial charge < -0.3 is 18.9 Å². The Bertz CT molecular complexity index is 756. The van der Waals surface area contributed by atoms with Crippen molar-refractivity contribution >= 4 is 5.91 Å². The molecule has 1 aromatic heterocycles. The summed E-state index contributed by atoms with van der Waals surface area (Å²) in [5.41, 5.74) is 1.91. The van der Waals surface area contributed by atoms with Crippen LogP contribution in [0.15, 0.2) is 28.8 Å². The maximum absolute atomic E-state index is 12.8. The van der Waals surface area contributed by atoms with Crippen LogP contribution in [0.4, 0.5) is 0 Å². The van der Waals surface area contributed by atoms with Gasteiger partial charge in [-0.1, -0.05) is 11.2 Å². The summed E-state index contributed by atoms with van der Waals surface area (Å²) < 4.78 is 15.8. The third-order valence-electron chi connectivity index (χ3n) is 4.94. The molecule has 0 bridgehead atoms. The number of amides is 1. The number of rotatable bonds is 6. The zero-order valence-corrected chi connectivity index (χ0v) is 15.7. The van der Waals surface area contributed by atoms with Gasteiger partial charge in [0.15, 0.2) is 11.5 Å². The summed E-state index contributed by atoms with van der Waals surface area (Å²) in [6, 6.07) is 7.91. The SMILES string of the molecule is COc1ccc(CCC2CCCCN2C(=O)c2cc(C)no2)cc1OC. The van der Waals surface area contributed by atoms with Crippen LogP contribution in [0.5, 0.6) is 11.5 Å². The van der Waals surface area contributed by atoms with E-state index in [1.165, 1.54) is 5.56 Å². The van der Waals surface area contributed by atoms with Crippen molar-refractivity contribution in [3.05, 3.63) is 41.3 Å². The van der Waals surface area contributed by atoms with Crippen molar-refractivity contribution in [2.24, 2.45) is 0 Å². The second kappa shape index (κ2) is 8.25. The zero-order valence-electron chi connectivity index (χ0n) is 15.7. The Morgan fingerprint density at radius 1 is 1.23 bits per heavy atom. The third kappa shape index (κ3) is 4.00. The summed E-state index contributed by atoms with van der Waals surface area (Å²) in [5, 5.41) is 3.84. The van der Waals surface area contributed by atoms with Crippen molar-refractivity contribution in [3.63, 3.8) is 0 Å². The van der Waals surface area contributed by atoms with Gasteiger partial charge in [-0.2, -0.15) is 0 Å². The highest BCUT2D eigenvalue weighted by Crippen LogP contribution is 2.29. The van der Waals surface area contributed by atoms with Crippen LogP contribution >= 0.6 is 0 Å². The third-order valence-corrected chi connectivity index (χ3v) is 4.94. The van der Waals surface area contributed by atoms with Crippen LogP contribution < -0.4 is 9.47 Å². The first-order chi connectivity index (χ1) is 12.6. The van der Waals surface area contributed by atoms with Gasteiger partial charge in [-0.05, 0) is 56.7 Å². The molecule has 1 fully saturated rings. The fourth-order valence-electron chi connectivity index (χ4n) is 3.54. The Morgan fingerprint density at radius 3 is 2.73 bits per heavy atom. The summed E-state index contributed by atoms with van der Waals surface area (Å²) in [6.45, 7) is 2.60. The van der Waals surface area contributed by atoms with Crippen LogP contribution in [-0.4, -0.2) is 42.8 Å². The van der Waals surface area contributed by atoms with Crippen molar-refractivity contribution in [2.75, 3.05) is 20.8 Å². The average Bonchev–Trinajstić information content (AvgIpc) is 3.12. The van der Waals surface area contributed by atoms with Gasteiger partial charge in [-0.15, -0.1) is 0 Å². The van der Waals surface area contributed by atoms with Crippen molar-refractivity contribution in [3.8, 4) is 11.5 Å². The van der Waals surface area contributed by atoms with Crippen LogP contribution in [0.25, 0.3) is 0 Å². The van der Waals surface area contributed by atoms with E-state index >= 15 is 0 Å². The number of carbonyl (C=O) groups is 1. The van der Waals surface area contributed by atoms with E-state index in [0.29, 0.717) is 5.76 Å². The minimum Gasteiger partial charge on any atom is -0.493 e. The minimum atomic E-state index is -0.0531. The van der Waals surface area contributed by atoms with Crippen molar-refractivity contribution in [2.45, 2.75) is 45.1 Å². The van der Waals surface area contributed by atoms with E-state index in [9.17, 15) is 4.79 Å². The van der Waals surface area contributed by atoms with E-state index in [2.05, 4.69) is 11.2 Å². The second-order valence-electron chi connectivity index (χ2n) is 6.71. The normalized spacial score (nSPS) is 17.2. The van der Waals surface area contributed by atoms with Gasteiger partial charge in [-0.25, -0.2) is 0 Å². The highest BCUT2D eigenvalue weighted by atomic mass is 16.5. The summed E-state index contributed by atoms with van der Waals surface area (Å²) in [4.78, 5) is 14.7. The minimum absolute atomic E-state index is 0.0531. The number of ether oxygens (including phenoxy) is 2. The molecule has 0 N–H and O–H groups in total. The Labute approximate surface area is 154 Å². The lowest BCUT2D eigenvalue weighted by Crippen LogP contribution is -2.43. The number of piperidine rings is 1. The van der Waals surface area contributed by atoms with Crippen LogP contribution in [0.1, 0.15) is 47.5 Å². The summed E-state index contributed by atoms with van der Waals surface area (Å²) >= 11 is 0. The Kier molecular flexibility index (Phi) is 5.81. The van der Waals surface area contributed by atoms with Gasteiger partial charge in [-0.3, -0.25) is 4.79 Å². The van der Waals surface area contributed by atoms with Gasteiger partial charge >= 0.3 is 0 Å². The fourth-order valence-corrected chi connectivity index (χ4v) is 3.54. The molecule has 0 aliphatic carbocycles. The first-order valence-electron chi connectivity index (χ1n) is 9.07. The van der Waals surface area contributed by atoms with Crippen molar-refractivity contribution in [1.29, 1.82) is 0 Å². The van der Waals surface area contributed by atoms with E-state index in [4.69, 9.17) is 14.0 Å². The van der Waals surface area contributed by atoms with E-state index in [1.807, 2.05) is 24.0 Å². The Balaban J connectivity index is 1.68. The monoisotopic (exact) mass is 358 g/mol. The van der Waals surface area contributed by atoms with Crippen LogP contribution in [0.2, 0.25) is 0 Å². The number of carbonyl (C=O) groups excluding carboxylic acids is 1. The Hall–Kier alpha value is -2.50. The van der Waals surface area contributed by atoms with Gasteiger partial charge in [0.25, 0.3) is 5.91 Å². The van der Waals surface area contributed by atoms with Crippen LogP contribution in [0, 0.1) is 6.92 Å². The largest absolute Gasteiger partial charge is 0.493 e. The number of likely N-dealkylation sites (tertiary alicyclic amines) is 1. The summed E-state index contributed by atoms with van der Waals surface area (Å²) in [5.74, 6) is 1.74. The molecule has 6 heteroatoms. The first-order valence-corrected chi connectivity index (χ1v) is 9.07. The molecule has 140 valence electrons. The molecule has 6 nitrogen and oxygen atoms in total. The summed E-state index contributed by atoms with van der Waals surface area (Å²) in [6.07, 6.45) is 4.99. The molecule has 0 saturated carbocycles. The molecule has 1 atom stereocenters. The zero-order chi connectivity index (χ0) is 18.5.